The van der Waals surface area contributed by atoms with Gasteiger partial charge in [-0.25, -0.2) is 0 Å². The Kier molecular flexibility index (Phi) is 12.8. The van der Waals surface area contributed by atoms with Gasteiger partial charge in [0.15, 0.2) is 0 Å². The highest BCUT2D eigenvalue weighted by molar-refractivity contribution is 5.65. The van der Waals surface area contributed by atoms with Crippen molar-refractivity contribution in [2.24, 2.45) is 0 Å². The molecule has 3 nitrogen and oxygen atoms in total. The molecule has 0 spiro atoms. The summed E-state index contributed by atoms with van der Waals surface area (Å²) in [6.07, 6.45) is 12.0. The smallest absolute Gasteiger partial charge is 0.119 e. The van der Waals surface area contributed by atoms with E-state index < -0.39 is 5.97 Å². The van der Waals surface area contributed by atoms with Crippen LogP contribution in [0, 0.1) is 0 Å². The van der Waals surface area contributed by atoms with Crippen LogP contribution in [0.15, 0.2) is 0 Å². The lowest BCUT2D eigenvalue weighted by Gasteiger charge is -2.39. The summed E-state index contributed by atoms with van der Waals surface area (Å²) >= 11 is 0. The topological polar surface area (TPSA) is 40.1 Å². The minimum atomic E-state index is -0.878. The summed E-state index contributed by atoms with van der Waals surface area (Å²) < 4.78 is 0.754. The molecule has 0 heterocycles. The van der Waals surface area contributed by atoms with Gasteiger partial charge in [0.2, 0.25) is 0 Å². The third-order valence-electron chi connectivity index (χ3n) is 4.42. The Hall–Kier alpha value is -0.570. The van der Waals surface area contributed by atoms with Crippen LogP contribution in [0.3, 0.4) is 0 Å². The maximum Gasteiger partial charge on any atom is 0.119 e. The molecule has 0 radical (unpaired) electrons. The van der Waals surface area contributed by atoms with Crippen LogP contribution in [0.25, 0.3) is 0 Å². The monoisotopic (exact) mass is 299 g/mol. The summed E-state index contributed by atoms with van der Waals surface area (Å²) in [6, 6.07) is 0. The van der Waals surface area contributed by atoms with Crippen molar-refractivity contribution in [2.45, 2.75) is 85.0 Å². The third-order valence-corrected chi connectivity index (χ3v) is 4.42. The van der Waals surface area contributed by atoms with E-state index in [1.54, 1.807) is 0 Å². The fourth-order valence-corrected chi connectivity index (χ4v) is 3.09. The third kappa shape index (κ3) is 10.8. The summed E-state index contributed by atoms with van der Waals surface area (Å²) in [5.41, 5.74) is 0. The molecule has 0 unspecified atom stereocenters. The highest BCUT2D eigenvalue weighted by Gasteiger charge is 2.26. The normalized spacial score (nSPS) is 11.8. The van der Waals surface area contributed by atoms with Crippen molar-refractivity contribution in [2.75, 3.05) is 26.2 Å². The molecule has 0 aliphatic carbocycles. The number of carbonyl (C=O) groups excluding carboxylic acids is 1. The summed E-state index contributed by atoms with van der Waals surface area (Å²) in [4.78, 5) is 11.2. The Bertz CT molecular complexity index is 242. The van der Waals surface area contributed by atoms with Gasteiger partial charge in [0.05, 0.1) is 25.6 Å². The molecule has 0 aromatic heterocycles. The lowest BCUT2D eigenvalue weighted by atomic mass is 10.1. The van der Waals surface area contributed by atoms with Gasteiger partial charge < -0.3 is 14.4 Å². The van der Waals surface area contributed by atoms with Crippen LogP contribution >= 0.6 is 0 Å². The van der Waals surface area contributed by atoms with Gasteiger partial charge in [-0.15, -0.1) is 0 Å². The van der Waals surface area contributed by atoms with E-state index >= 15 is 0 Å². The first kappa shape index (κ1) is 20.4. The van der Waals surface area contributed by atoms with Crippen molar-refractivity contribution in [3.63, 3.8) is 0 Å². The van der Waals surface area contributed by atoms with Crippen LogP contribution in [-0.4, -0.2) is 36.6 Å². The average molecular weight is 299 g/mol. The minimum Gasteiger partial charge on any atom is -0.544 e. The zero-order valence-corrected chi connectivity index (χ0v) is 14.7. The zero-order valence-electron chi connectivity index (χ0n) is 14.7. The molecule has 0 rings (SSSR count). The van der Waals surface area contributed by atoms with Crippen LogP contribution < -0.4 is 5.11 Å². The van der Waals surface area contributed by atoms with Crippen molar-refractivity contribution < 1.29 is 14.4 Å². The van der Waals surface area contributed by atoms with Gasteiger partial charge in [-0.3, -0.25) is 0 Å². The molecule has 0 saturated heterocycles. The van der Waals surface area contributed by atoms with E-state index in [1.807, 2.05) is 0 Å². The lowest BCUT2D eigenvalue weighted by Crippen LogP contribution is -2.55. The van der Waals surface area contributed by atoms with Crippen molar-refractivity contribution >= 4 is 5.97 Å². The fraction of sp³-hybridized carbons (Fsp3) is 0.944. The number of nitrogens with zero attached hydrogens (tertiary/aromatic N) is 1. The van der Waals surface area contributed by atoms with E-state index in [9.17, 15) is 9.90 Å². The Morgan fingerprint density at radius 3 is 1.52 bits per heavy atom. The van der Waals surface area contributed by atoms with E-state index in [0.29, 0.717) is 0 Å². The zero-order chi connectivity index (χ0) is 16.0. The number of quaternary nitrogens is 1. The number of hydrogen-bond acceptors (Lipinski definition) is 2. The average Bonchev–Trinajstić information content (AvgIpc) is 2.45. The fourth-order valence-electron chi connectivity index (χ4n) is 3.09. The predicted molar refractivity (Wildman–Crippen MR) is 87.9 cm³/mol. The van der Waals surface area contributed by atoms with Crippen LogP contribution in [0.1, 0.15) is 85.0 Å². The van der Waals surface area contributed by atoms with Gasteiger partial charge in [-0.05, 0) is 32.1 Å². The van der Waals surface area contributed by atoms with Crippen LogP contribution in [0.5, 0.6) is 0 Å². The number of aliphatic carboxylic acids is 1. The molecular weight excluding hydrogens is 262 g/mol. The number of carbonyl (C=O) groups is 1. The number of carboxylic acid groups (broad SMARTS) is 1. The standard InChI is InChI=1S/C18H37NO2/c1-4-7-10-12-15-19(14-9-6-3,17-18(20)21)16-13-11-8-5-2/h4-17H2,1-3H3. The molecule has 0 fully saturated rings. The van der Waals surface area contributed by atoms with Gasteiger partial charge in [0, 0.05) is 0 Å². The maximum atomic E-state index is 11.2. The van der Waals surface area contributed by atoms with Crippen LogP contribution in [0.2, 0.25) is 0 Å². The Balaban J connectivity index is 4.55. The largest absolute Gasteiger partial charge is 0.544 e. The lowest BCUT2D eigenvalue weighted by molar-refractivity contribution is -0.923. The molecule has 0 aliphatic rings. The number of hydrogen-bond donors (Lipinski definition) is 0. The van der Waals surface area contributed by atoms with Crippen molar-refractivity contribution in [3.05, 3.63) is 0 Å². The van der Waals surface area contributed by atoms with Crippen molar-refractivity contribution in [1.29, 1.82) is 0 Å². The second-order valence-corrected chi connectivity index (χ2v) is 6.52. The van der Waals surface area contributed by atoms with Gasteiger partial charge in [-0.2, -0.15) is 0 Å². The number of carboxylic acids is 1. The molecule has 0 atom stereocenters. The maximum absolute atomic E-state index is 11.2. The molecule has 0 N–H and O–H groups in total. The SMILES string of the molecule is CCCCCC[N+](CCCC)(CCCCCC)CC(=O)[O-]. The van der Waals surface area contributed by atoms with Gasteiger partial charge in [0.25, 0.3) is 0 Å². The van der Waals surface area contributed by atoms with Crippen LogP contribution in [0.4, 0.5) is 0 Å². The van der Waals surface area contributed by atoms with E-state index in [2.05, 4.69) is 20.8 Å². The highest BCUT2D eigenvalue weighted by atomic mass is 16.4. The molecule has 0 aromatic carbocycles. The summed E-state index contributed by atoms with van der Waals surface area (Å²) in [7, 11) is 0. The van der Waals surface area contributed by atoms with Crippen molar-refractivity contribution in [1.82, 2.24) is 0 Å². The van der Waals surface area contributed by atoms with Crippen LogP contribution in [-0.2, 0) is 4.79 Å². The predicted octanol–water partition coefficient (Wildman–Crippen LogP) is 3.51. The minimum absolute atomic E-state index is 0.207. The molecule has 21 heavy (non-hydrogen) atoms. The Morgan fingerprint density at radius 1 is 0.714 bits per heavy atom. The van der Waals surface area contributed by atoms with Crippen molar-refractivity contribution in [3.8, 4) is 0 Å². The summed E-state index contributed by atoms with van der Waals surface area (Å²) in [5, 5.41) is 11.2. The Morgan fingerprint density at radius 2 is 1.14 bits per heavy atom. The first-order chi connectivity index (χ1) is 10.1. The van der Waals surface area contributed by atoms with E-state index in [0.717, 1.165) is 49.8 Å². The first-order valence-corrected chi connectivity index (χ1v) is 9.15. The molecule has 0 saturated carbocycles. The molecule has 0 amide bonds. The van der Waals surface area contributed by atoms with Gasteiger partial charge in [-0.1, -0.05) is 52.9 Å². The molecule has 0 aliphatic heterocycles. The van der Waals surface area contributed by atoms with E-state index in [4.69, 9.17) is 0 Å². The number of unbranched alkanes of at least 4 members (excludes halogenated alkanes) is 7. The molecular formula is C18H37NO2. The van der Waals surface area contributed by atoms with Gasteiger partial charge >= 0.3 is 0 Å². The molecule has 126 valence electrons. The molecule has 0 bridgehead atoms. The molecule has 0 aromatic rings. The van der Waals surface area contributed by atoms with Gasteiger partial charge in [0.1, 0.15) is 6.54 Å². The molecule has 3 heteroatoms. The second kappa shape index (κ2) is 13.1. The quantitative estimate of drug-likeness (QED) is 0.343. The Labute approximate surface area is 132 Å². The highest BCUT2D eigenvalue weighted by Crippen LogP contribution is 2.16. The van der Waals surface area contributed by atoms with E-state index in [-0.39, 0.29) is 6.54 Å². The summed E-state index contributed by atoms with van der Waals surface area (Å²) in [5.74, 6) is -0.878. The summed E-state index contributed by atoms with van der Waals surface area (Å²) in [6.45, 7) is 9.85. The second-order valence-electron chi connectivity index (χ2n) is 6.52. The number of rotatable bonds is 15. The first-order valence-electron chi connectivity index (χ1n) is 9.15. The van der Waals surface area contributed by atoms with E-state index in [1.165, 1.54) is 38.5 Å².